The molecule has 0 aliphatic carbocycles. The molecule has 3 aromatic rings. The first-order valence-corrected chi connectivity index (χ1v) is 7.85. The Hall–Kier alpha value is -3.41. The normalized spacial score (nSPS) is 10.6. The zero-order valence-corrected chi connectivity index (χ0v) is 13.4. The van der Waals surface area contributed by atoms with E-state index in [-0.39, 0.29) is 24.1 Å². The molecule has 0 saturated heterocycles. The number of aromatic nitrogens is 2. The molecule has 3 N–H and O–H groups in total. The fraction of sp³-hybridized carbons (Fsp3) is 0.105. The minimum Gasteiger partial charge on any atom is -0.312 e. The van der Waals surface area contributed by atoms with Crippen LogP contribution >= 0.6 is 0 Å². The predicted molar refractivity (Wildman–Crippen MR) is 95.7 cm³/mol. The molecule has 1 amide bonds. The predicted octanol–water partition coefficient (Wildman–Crippen LogP) is 2.22. The molecule has 2 aromatic carbocycles. The number of hydrogen-bond donors (Lipinski definition) is 3. The maximum atomic E-state index is 12.4. The number of rotatable bonds is 5. The lowest BCUT2D eigenvalue weighted by atomic mass is 9.88. The standard InChI is InChI=1S/C19H17N3O3/c23-17(20-16-12-18(24)22-19(25)21-16)11-15(13-7-3-1-4-8-13)14-9-5-2-6-10-14/h1-10,12,15H,11H2,(H3,20,21,22,23,24,25). The molecule has 0 aliphatic heterocycles. The first-order valence-electron chi connectivity index (χ1n) is 7.85. The fourth-order valence-corrected chi connectivity index (χ4v) is 2.72. The van der Waals surface area contributed by atoms with E-state index >= 15 is 0 Å². The van der Waals surface area contributed by atoms with Crippen molar-refractivity contribution in [2.24, 2.45) is 0 Å². The first-order chi connectivity index (χ1) is 12.1. The summed E-state index contributed by atoms with van der Waals surface area (Å²) >= 11 is 0. The van der Waals surface area contributed by atoms with Crippen molar-refractivity contribution < 1.29 is 4.79 Å². The van der Waals surface area contributed by atoms with Crippen LogP contribution in [-0.2, 0) is 4.79 Å². The molecule has 1 heterocycles. The number of nitrogens with one attached hydrogen (secondary N) is 3. The van der Waals surface area contributed by atoms with Gasteiger partial charge in [-0.25, -0.2) is 4.79 Å². The first kappa shape index (κ1) is 16.4. The van der Waals surface area contributed by atoms with Gasteiger partial charge in [-0.2, -0.15) is 0 Å². The molecule has 0 bridgehead atoms. The van der Waals surface area contributed by atoms with Gasteiger partial charge in [-0.15, -0.1) is 0 Å². The van der Waals surface area contributed by atoms with Crippen LogP contribution in [0.25, 0.3) is 0 Å². The molecular weight excluding hydrogens is 318 g/mol. The van der Waals surface area contributed by atoms with E-state index in [0.29, 0.717) is 0 Å². The molecule has 0 fully saturated rings. The van der Waals surface area contributed by atoms with Crippen molar-refractivity contribution in [3.63, 3.8) is 0 Å². The number of aromatic amines is 2. The van der Waals surface area contributed by atoms with Gasteiger partial charge in [0, 0.05) is 18.4 Å². The average Bonchev–Trinajstić information content (AvgIpc) is 2.60. The number of anilines is 1. The van der Waals surface area contributed by atoms with Gasteiger partial charge < -0.3 is 5.32 Å². The number of benzene rings is 2. The topological polar surface area (TPSA) is 94.8 Å². The van der Waals surface area contributed by atoms with Crippen LogP contribution in [0.1, 0.15) is 23.5 Å². The third kappa shape index (κ3) is 4.32. The second-order valence-corrected chi connectivity index (χ2v) is 5.63. The van der Waals surface area contributed by atoms with E-state index in [1.807, 2.05) is 60.7 Å². The van der Waals surface area contributed by atoms with E-state index in [9.17, 15) is 14.4 Å². The molecule has 0 spiro atoms. The van der Waals surface area contributed by atoms with E-state index in [1.54, 1.807) is 0 Å². The average molecular weight is 335 g/mol. The molecule has 0 atom stereocenters. The monoisotopic (exact) mass is 335 g/mol. The SMILES string of the molecule is O=C(CC(c1ccccc1)c1ccccc1)Nc1cc(=O)[nH]c(=O)[nH]1. The molecule has 0 aliphatic rings. The van der Waals surface area contributed by atoms with E-state index in [0.717, 1.165) is 17.2 Å². The molecule has 126 valence electrons. The van der Waals surface area contributed by atoms with Crippen LogP contribution in [0.2, 0.25) is 0 Å². The maximum absolute atomic E-state index is 12.4. The third-order valence-corrected chi connectivity index (χ3v) is 3.83. The van der Waals surface area contributed by atoms with Gasteiger partial charge in [0.05, 0.1) is 0 Å². The van der Waals surface area contributed by atoms with Gasteiger partial charge in [0.15, 0.2) is 0 Å². The van der Waals surface area contributed by atoms with Crippen molar-refractivity contribution in [3.05, 3.63) is 98.7 Å². The van der Waals surface area contributed by atoms with Crippen LogP contribution in [0.5, 0.6) is 0 Å². The van der Waals surface area contributed by atoms with E-state index in [4.69, 9.17) is 0 Å². The van der Waals surface area contributed by atoms with E-state index in [1.165, 1.54) is 0 Å². The van der Waals surface area contributed by atoms with Crippen LogP contribution < -0.4 is 16.6 Å². The summed E-state index contributed by atoms with van der Waals surface area (Å²) in [5, 5.41) is 2.58. The summed E-state index contributed by atoms with van der Waals surface area (Å²) in [5.74, 6) is -0.339. The summed E-state index contributed by atoms with van der Waals surface area (Å²) in [6.45, 7) is 0. The van der Waals surface area contributed by atoms with Crippen LogP contribution in [0.4, 0.5) is 5.82 Å². The molecule has 3 rings (SSSR count). The lowest BCUT2D eigenvalue weighted by Crippen LogP contribution is -2.25. The summed E-state index contributed by atoms with van der Waals surface area (Å²) < 4.78 is 0. The summed E-state index contributed by atoms with van der Waals surface area (Å²) in [6.07, 6.45) is 0.183. The summed E-state index contributed by atoms with van der Waals surface area (Å²) in [6, 6.07) is 20.6. The molecule has 0 radical (unpaired) electrons. The van der Waals surface area contributed by atoms with Crippen molar-refractivity contribution in [1.29, 1.82) is 0 Å². The minimum absolute atomic E-state index is 0.0821. The number of carbonyl (C=O) groups is 1. The Labute approximate surface area is 143 Å². The zero-order chi connectivity index (χ0) is 17.6. The number of carbonyl (C=O) groups excluding carboxylic acids is 1. The van der Waals surface area contributed by atoms with Gasteiger partial charge in [0.2, 0.25) is 5.91 Å². The summed E-state index contributed by atoms with van der Waals surface area (Å²) in [4.78, 5) is 39.5. The molecule has 6 heteroatoms. The summed E-state index contributed by atoms with van der Waals surface area (Å²) in [7, 11) is 0. The van der Waals surface area contributed by atoms with Crippen molar-refractivity contribution in [2.75, 3.05) is 5.32 Å². The third-order valence-electron chi connectivity index (χ3n) is 3.83. The second kappa shape index (κ2) is 7.44. The van der Waals surface area contributed by atoms with Crippen LogP contribution in [0, 0.1) is 0 Å². The highest BCUT2D eigenvalue weighted by Gasteiger charge is 2.18. The van der Waals surface area contributed by atoms with Gasteiger partial charge >= 0.3 is 5.69 Å². The van der Waals surface area contributed by atoms with Crippen molar-refractivity contribution in [1.82, 2.24) is 9.97 Å². The minimum atomic E-state index is -0.662. The highest BCUT2D eigenvalue weighted by molar-refractivity contribution is 5.90. The lowest BCUT2D eigenvalue weighted by molar-refractivity contribution is -0.116. The summed E-state index contributed by atoms with van der Waals surface area (Å²) in [5.41, 5.74) is 0.804. The highest BCUT2D eigenvalue weighted by atomic mass is 16.2. The van der Waals surface area contributed by atoms with Gasteiger partial charge in [-0.05, 0) is 11.1 Å². The largest absolute Gasteiger partial charge is 0.327 e. The van der Waals surface area contributed by atoms with Gasteiger partial charge in [0.25, 0.3) is 5.56 Å². The Kier molecular flexibility index (Phi) is 4.89. The molecule has 6 nitrogen and oxygen atoms in total. The Balaban J connectivity index is 1.84. The Morgan fingerprint density at radius 1 is 0.880 bits per heavy atom. The van der Waals surface area contributed by atoms with Gasteiger partial charge in [0.1, 0.15) is 5.82 Å². The molecular formula is C19H17N3O3. The zero-order valence-electron chi connectivity index (χ0n) is 13.4. The van der Waals surface area contributed by atoms with Crippen molar-refractivity contribution in [3.8, 4) is 0 Å². The van der Waals surface area contributed by atoms with Gasteiger partial charge in [-0.1, -0.05) is 60.7 Å². The molecule has 0 saturated carbocycles. The van der Waals surface area contributed by atoms with Gasteiger partial charge in [-0.3, -0.25) is 19.6 Å². The number of amides is 1. The molecule has 1 aromatic heterocycles. The molecule has 25 heavy (non-hydrogen) atoms. The lowest BCUT2D eigenvalue weighted by Gasteiger charge is -2.17. The van der Waals surface area contributed by atoms with Crippen LogP contribution in [0.3, 0.4) is 0 Å². The quantitative estimate of drug-likeness (QED) is 0.667. The van der Waals surface area contributed by atoms with Crippen molar-refractivity contribution in [2.45, 2.75) is 12.3 Å². The van der Waals surface area contributed by atoms with E-state index < -0.39 is 11.2 Å². The smallest absolute Gasteiger partial charge is 0.312 e. The number of hydrogen-bond acceptors (Lipinski definition) is 3. The van der Waals surface area contributed by atoms with Crippen molar-refractivity contribution >= 4 is 11.7 Å². The van der Waals surface area contributed by atoms with E-state index in [2.05, 4.69) is 15.3 Å². The Morgan fingerprint density at radius 3 is 1.96 bits per heavy atom. The Bertz CT molecular complexity index is 894. The second-order valence-electron chi connectivity index (χ2n) is 5.63. The van der Waals surface area contributed by atoms with Crippen LogP contribution in [0.15, 0.2) is 76.3 Å². The Morgan fingerprint density at radius 2 is 1.44 bits per heavy atom. The maximum Gasteiger partial charge on any atom is 0.327 e. The fourth-order valence-electron chi connectivity index (χ4n) is 2.72. The number of H-pyrrole nitrogens is 2. The van der Waals surface area contributed by atoms with Crippen LogP contribution in [-0.4, -0.2) is 15.9 Å². The highest BCUT2D eigenvalue weighted by Crippen LogP contribution is 2.28. The molecule has 0 unspecified atom stereocenters.